The minimum Gasteiger partial charge on any atom is -0.342 e. The number of hydrogen-bond acceptors (Lipinski definition) is 2. The SMILES string of the molecule is CCNC1CCN(C(=O)C2CC3CCC2C3)CC1. The van der Waals surface area contributed by atoms with Gasteiger partial charge in [-0.15, -0.1) is 0 Å². The maximum atomic E-state index is 12.6. The van der Waals surface area contributed by atoms with Crippen molar-refractivity contribution in [3.8, 4) is 0 Å². The number of piperidine rings is 1. The number of fused-ring (bicyclic) bond motifs is 2. The Morgan fingerprint density at radius 2 is 1.94 bits per heavy atom. The minimum absolute atomic E-state index is 0.388. The average molecular weight is 250 g/mol. The van der Waals surface area contributed by atoms with E-state index in [1.165, 1.54) is 25.7 Å². The summed E-state index contributed by atoms with van der Waals surface area (Å²) in [5.74, 6) is 2.48. The van der Waals surface area contributed by atoms with Gasteiger partial charge in [0.05, 0.1) is 0 Å². The molecule has 1 N–H and O–H groups in total. The standard InChI is InChI=1S/C15H26N2O/c1-2-16-13-5-7-17(8-6-13)15(18)14-10-11-3-4-12(14)9-11/h11-14,16H,2-10H2,1H3. The number of nitrogens with one attached hydrogen (secondary N) is 1. The van der Waals surface area contributed by atoms with E-state index in [1.807, 2.05) is 0 Å². The maximum absolute atomic E-state index is 12.6. The number of likely N-dealkylation sites (tertiary alicyclic amines) is 1. The fraction of sp³-hybridized carbons (Fsp3) is 0.933. The summed E-state index contributed by atoms with van der Waals surface area (Å²) in [6.07, 6.45) is 7.51. The first-order valence-corrected chi connectivity index (χ1v) is 7.80. The second kappa shape index (κ2) is 5.20. The predicted octanol–water partition coefficient (Wildman–Crippen LogP) is 2.02. The van der Waals surface area contributed by atoms with Crippen LogP contribution in [0.5, 0.6) is 0 Å². The summed E-state index contributed by atoms with van der Waals surface area (Å²) in [7, 11) is 0. The lowest BCUT2D eigenvalue weighted by molar-refractivity contribution is -0.138. The van der Waals surface area contributed by atoms with Gasteiger partial charge in [0.2, 0.25) is 5.91 Å². The highest BCUT2D eigenvalue weighted by molar-refractivity contribution is 5.79. The van der Waals surface area contributed by atoms with E-state index in [-0.39, 0.29) is 0 Å². The third-order valence-corrected chi connectivity index (χ3v) is 5.35. The first kappa shape index (κ1) is 12.5. The average Bonchev–Trinajstić information content (AvgIpc) is 3.01. The number of amides is 1. The topological polar surface area (TPSA) is 32.3 Å². The van der Waals surface area contributed by atoms with Gasteiger partial charge in [0.1, 0.15) is 0 Å². The highest BCUT2D eigenvalue weighted by atomic mass is 16.2. The molecule has 2 bridgehead atoms. The smallest absolute Gasteiger partial charge is 0.225 e. The van der Waals surface area contributed by atoms with Crippen molar-refractivity contribution < 1.29 is 4.79 Å². The van der Waals surface area contributed by atoms with E-state index >= 15 is 0 Å². The Labute approximate surface area is 110 Å². The van der Waals surface area contributed by atoms with Crippen LogP contribution in [0.4, 0.5) is 0 Å². The zero-order chi connectivity index (χ0) is 12.5. The summed E-state index contributed by atoms with van der Waals surface area (Å²) in [5, 5.41) is 3.50. The van der Waals surface area contributed by atoms with Crippen LogP contribution in [0.15, 0.2) is 0 Å². The molecule has 2 saturated carbocycles. The molecule has 1 heterocycles. The van der Waals surface area contributed by atoms with Crippen molar-refractivity contribution in [1.29, 1.82) is 0 Å². The van der Waals surface area contributed by atoms with Gasteiger partial charge < -0.3 is 10.2 Å². The van der Waals surface area contributed by atoms with E-state index < -0.39 is 0 Å². The summed E-state index contributed by atoms with van der Waals surface area (Å²) in [6, 6.07) is 0.638. The van der Waals surface area contributed by atoms with E-state index in [0.717, 1.165) is 44.3 Å². The highest BCUT2D eigenvalue weighted by Gasteiger charge is 2.44. The normalized spacial score (nSPS) is 36.3. The lowest BCUT2D eigenvalue weighted by atomic mass is 9.87. The van der Waals surface area contributed by atoms with Crippen molar-refractivity contribution in [3.05, 3.63) is 0 Å². The molecule has 1 aliphatic heterocycles. The Kier molecular flexibility index (Phi) is 3.60. The molecule has 18 heavy (non-hydrogen) atoms. The van der Waals surface area contributed by atoms with Crippen LogP contribution in [0, 0.1) is 17.8 Å². The summed E-state index contributed by atoms with van der Waals surface area (Å²) in [5.41, 5.74) is 0. The van der Waals surface area contributed by atoms with Crippen LogP contribution in [0.25, 0.3) is 0 Å². The lowest BCUT2D eigenvalue weighted by Gasteiger charge is -2.35. The first-order valence-electron chi connectivity index (χ1n) is 7.80. The van der Waals surface area contributed by atoms with Crippen LogP contribution in [-0.4, -0.2) is 36.5 Å². The molecule has 0 spiro atoms. The molecule has 0 aromatic heterocycles. The van der Waals surface area contributed by atoms with Crippen molar-refractivity contribution in [2.45, 2.75) is 51.5 Å². The van der Waals surface area contributed by atoms with Crippen LogP contribution in [0.1, 0.15) is 45.4 Å². The zero-order valence-corrected chi connectivity index (χ0v) is 11.5. The number of rotatable bonds is 3. The van der Waals surface area contributed by atoms with Gasteiger partial charge in [-0.2, -0.15) is 0 Å². The van der Waals surface area contributed by atoms with Gasteiger partial charge in [0, 0.05) is 25.0 Å². The van der Waals surface area contributed by atoms with E-state index in [1.54, 1.807) is 0 Å². The molecule has 3 aliphatic rings. The third-order valence-electron chi connectivity index (χ3n) is 5.35. The van der Waals surface area contributed by atoms with Gasteiger partial charge in [-0.25, -0.2) is 0 Å². The van der Waals surface area contributed by atoms with Gasteiger partial charge in [-0.3, -0.25) is 4.79 Å². The molecular weight excluding hydrogens is 224 g/mol. The summed E-state index contributed by atoms with van der Waals surface area (Å²) < 4.78 is 0. The highest BCUT2D eigenvalue weighted by Crippen LogP contribution is 2.49. The van der Waals surface area contributed by atoms with E-state index in [9.17, 15) is 4.79 Å². The van der Waals surface area contributed by atoms with E-state index in [4.69, 9.17) is 0 Å². The second-order valence-electron chi connectivity index (χ2n) is 6.44. The molecule has 2 aliphatic carbocycles. The molecule has 102 valence electrons. The number of nitrogens with zero attached hydrogens (tertiary/aromatic N) is 1. The summed E-state index contributed by atoms with van der Waals surface area (Å²) >= 11 is 0. The molecule has 0 radical (unpaired) electrons. The third kappa shape index (κ3) is 2.29. The lowest BCUT2D eigenvalue weighted by Crippen LogP contribution is -2.47. The quantitative estimate of drug-likeness (QED) is 0.831. The fourth-order valence-electron chi connectivity index (χ4n) is 4.37. The van der Waals surface area contributed by atoms with Crippen molar-refractivity contribution in [3.63, 3.8) is 0 Å². The first-order chi connectivity index (χ1) is 8.78. The summed E-state index contributed by atoms with van der Waals surface area (Å²) in [4.78, 5) is 14.7. The Bertz CT molecular complexity index is 310. The van der Waals surface area contributed by atoms with Crippen LogP contribution in [0.3, 0.4) is 0 Å². The molecule has 0 aromatic rings. The monoisotopic (exact) mass is 250 g/mol. The van der Waals surface area contributed by atoms with Gasteiger partial charge in [0.15, 0.2) is 0 Å². The zero-order valence-electron chi connectivity index (χ0n) is 11.5. The number of carbonyl (C=O) groups excluding carboxylic acids is 1. The van der Waals surface area contributed by atoms with Crippen LogP contribution in [-0.2, 0) is 4.79 Å². The molecule has 3 nitrogen and oxygen atoms in total. The molecular formula is C15H26N2O. The van der Waals surface area contributed by atoms with E-state index in [2.05, 4.69) is 17.1 Å². The van der Waals surface area contributed by atoms with Crippen molar-refractivity contribution in [2.75, 3.05) is 19.6 Å². The van der Waals surface area contributed by atoms with Crippen LogP contribution >= 0.6 is 0 Å². The molecule has 1 saturated heterocycles. The molecule has 3 unspecified atom stereocenters. The number of carbonyl (C=O) groups is 1. The second-order valence-corrected chi connectivity index (χ2v) is 6.44. The van der Waals surface area contributed by atoms with Crippen LogP contribution < -0.4 is 5.32 Å². The molecule has 3 fully saturated rings. The van der Waals surface area contributed by atoms with Gasteiger partial charge >= 0.3 is 0 Å². The Morgan fingerprint density at radius 3 is 2.50 bits per heavy atom. The van der Waals surface area contributed by atoms with Crippen LogP contribution in [0.2, 0.25) is 0 Å². The van der Waals surface area contributed by atoms with Gasteiger partial charge in [-0.1, -0.05) is 13.3 Å². The van der Waals surface area contributed by atoms with Crippen molar-refractivity contribution in [2.24, 2.45) is 17.8 Å². The Hall–Kier alpha value is -0.570. The van der Waals surface area contributed by atoms with Gasteiger partial charge in [0.25, 0.3) is 0 Å². The number of hydrogen-bond donors (Lipinski definition) is 1. The van der Waals surface area contributed by atoms with Crippen molar-refractivity contribution in [1.82, 2.24) is 10.2 Å². The van der Waals surface area contributed by atoms with Crippen molar-refractivity contribution >= 4 is 5.91 Å². The molecule has 0 aromatic carbocycles. The molecule has 3 rings (SSSR count). The minimum atomic E-state index is 0.388. The molecule has 3 atom stereocenters. The Morgan fingerprint density at radius 1 is 1.17 bits per heavy atom. The molecule has 1 amide bonds. The largest absolute Gasteiger partial charge is 0.342 e. The Balaban J connectivity index is 1.52. The maximum Gasteiger partial charge on any atom is 0.225 e. The van der Waals surface area contributed by atoms with E-state index in [0.29, 0.717) is 17.9 Å². The van der Waals surface area contributed by atoms with Gasteiger partial charge in [-0.05, 0) is 50.5 Å². The fourth-order valence-corrected chi connectivity index (χ4v) is 4.37. The predicted molar refractivity (Wildman–Crippen MR) is 72.2 cm³/mol. The summed E-state index contributed by atoms with van der Waals surface area (Å²) in [6.45, 7) is 5.16. The molecule has 3 heteroatoms.